The van der Waals surface area contributed by atoms with Gasteiger partial charge in [-0.25, -0.2) is 13.6 Å². The number of nitro benzene ring substituents is 1. The van der Waals surface area contributed by atoms with Crippen molar-refractivity contribution in [2.75, 3.05) is 13.7 Å². The number of hydrogen-bond donors (Lipinski definition) is 1. The molecular weight excluding hydrogens is 437 g/mol. The summed E-state index contributed by atoms with van der Waals surface area (Å²) >= 11 is 5.70. The summed E-state index contributed by atoms with van der Waals surface area (Å²) in [5, 5.41) is 22.3. The Hall–Kier alpha value is -3.54. The molecule has 0 aliphatic rings. The number of methoxy groups -OCH3 is 1. The molecule has 0 aliphatic carbocycles. The zero-order valence-electron chi connectivity index (χ0n) is 15.2. The number of carboxylic acids is 1. The van der Waals surface area contributed by atoms with Crippen LogP contribution in [0.15, 0.2) is 23.4 Å². The molecule has 2 aromatic rings. The Balaban J connectivity index is 2.54. The van der Waals surface area contributed by atoms with E-state index in [1.807, 2.05) is 0 Å². The fourth-order valence-corrected chi connectivity index (χ4v) is 2.44. The number of benzene rings is 2. The van der Waals surface area contributed by atoms with Crippen LogP contribution < -0.4 is 4.74 Å². The van der Waals surface area contributed by atoms with Crippen LogP contribution in [0.1, 0.15) is 11.1 Å². The maximum absolute atomic E-state index is 14.2. The SMILES string of the molecule is COC(=NOCC(=O)O)c1cc(Oc2c(F)c(F)c(C)c(F)c2Cl)ccc1[N+](=O)[O-]. The van der Waals surface area contributed by atoms with E-state index in [0.717, 1.165) is 32.2 Å². The number of ether oxygens (including phenoxy) is 2. The van der Waals surface area contributed by atoms with Gasteiger partial charge in [0, 0.05) is 17.7 Å². The van der Waals surface area contributed by atoms with E-state index in [1.54, 1.807) is 0 Å². The molecule has 0 spiro atoms. The normalized spacial score (nSPS) is 11.2. The lowest BCUT2D eigenvalue weighted by molar-refractivity contribution is -0.385. The van der Waals surface area contributed by atoms with Crippen LogP contribution in [0.3, 0.4) is 0 Å². The minimum absolute atomic E-state index is 0.318. The van der Waals surface area contributed by atoms with E-state index < -0.39 is 62.9 Å². The van der Waals surface area contributed by atoms with Crippen LogP contribution in [0.4, 0.5) is 18.9 Å². The maximum atomic E-state index is 14.2. The smallest absolute Gasteiger partial charge is 0.344 e. The quantitative estimate of drug-likeness (QED) is 0.222. The van der Waals surface area contributed by atoms with Gasteiger partial charge in [0.05, 0.1) is 12.0 Å². The molecule has 2 aromatic carbocycles. The van der Waals surface area contributed by atoms with E-state index in [-0.39, 0.29) is 11.3 Å². The van der Waals surface area contributed by atoms with Crippen LogP contribution in [0.25, 0.3) is 0 Å². The van der Waals surface area contributed by atoms with Crippen molar-refractivity contribution in [1.82, 2.24) is 0 Å². The second-order valence-corrected chi connectivity index (χ2v) is 5.89. The Kier molecular flexibility index (Phi) is 7.06. The molecule has 9 nitrogen and oxygen atoms in total. The van der Waals surface area contributed by atoms with Gasteiger partial charge in [-0.1, -0.05) is 11.6 Å². The highest BCUT2D eigenvalue weighted by atomic mass is 35.5. The number of nitro groups is 1. The average molecular weight is 449 g/mol. The average Bonchev–Trinajstić information content (AvgIpc) is 2.71. The predicted molar refractivity (Wildman–Crippen MR) is 96.4 cm³/mol. The third kappa shape index (κ3) is 4.71. The number of hydrogen-bond acceptors (Lipinski definition) is 7. The van der Waals surface area contributed by atoms with Gasteiger partial charge in [-0.05, 0) is 18.1 Å². The molecule has 0 aromatic heterocycles. The summed E-state index contributed by atoms with van der Waals surface area (Å²) in [6, 6.07) is 2.87. The number of carbonyl (C=O) groups is 1. The highest BCUT2D eigenvalue weighted by Crippen LogP contribution is 2.38. The van der Waals surface area contributed by atoms with Crippen molar-refractivity contribution >= 4 is 29.2 Å². The van der Waals surface area contributed by atoms with Gasteiger partial charge in [-0.15, -0.1) is 0 Å². The van der Waals surface area contributed by atoms with Crippen LogP contribution in [0.2, 0.25) is 5.02 Å². The van der Waals surface area contributed by atoms with Crippen molar-refractivity contribution in [2.45, 2.75) is 6.92 Å². The monoisotopic (exact) mass is 448 g/mol. The van der Waals surface area contributed by atoms with Crippen LogP contribution >= 0.6 is 11.6 Å². The minimum atomic E-state index is -1.57. The number of halogens is 4. The third-order valence-electron chi connectivity index (χ3n) is 3.59. The topological polar surface area (TPSA) is 120 Å². The molecular formula is C17H12ClF3N2O7. The summed E-state index contributed by atoms with van der Waals surface area (Å²) in [5.41, 5.74) is -1.57. The first-order valence-electron chi connectivity index (χ1n) is 7.83. The number of oxime groups is 1. The summed E-state index contributed by atoms with van der Waals surface area (Å²) in [7, 11) is 1.07. The van der Waals surface area contributed by atoms with Crippen LogP contribution in [-0.4, -0.2) is 35.6 Å². The second-order valence-electron chi connectivity index (χ2n) is 5.52. The fourth-order valence-electron chi connectivity index (χ4n) is 2.18. The van der Waals surface area contributed by atoms with E-state index in [1.165, 1.54) is 0 Å². The first-order chi connectivity index (χ1) is 14.1. The Morgan fingerprint density at radius 3 is 2.50 bits per heavy atom. The van der Waals surface area contributed by atoms with Gasteiger partial charge in [0.15, 0.2) is 17.4 Å². The number of aliphatic carboxylic acids is 1. The van der Waals surface area contributed by atoms with Gasteiger partial charge in [0.25, 0.3) is 11.6 Å². The predicted octanol–water partition coefficient (Wildman–Crippen LogP) is 4.18. The Bertz CT molecular complexity index is 1020. The lowest BCUT2D eigenvalue weighted by Gasteiger charge is -2.13. The van der Waals surface area contributed by atoms with E-state index >= 15 is 0 Å². The molecule has 0 radical (unpaired) electrons. The Morgan fingerprint density at radius 2 is 1.93 bits per heavy atom. The summed E-state index contributed by atoms with van der Waals surface area (Å²) < 4.78 is 51.9. The third-order valence-corrected chi connectivity index (χ3v) is 3.92. The zero-order valence-corrected chi connectivity index (χ0v) is 16.0. The first-order valence-corrected chi connectivity index (χ1v) is 8.21. The van der Waals surface area contributed by atoms with E-state index in [0.29, 0.717) is 0 Å². The van der Waals surface area contributed by atoms with Gasteiger partial charge in [-0.2, -0.15) is 4.39 Å². The van der Waals surface area contributed by atoms with Crippen LogP contribution in [0, 0.1) is 34.5 Å². The minimum Gasteiger partial charge on any atom is -0.479 e. The number of carboxylic acid groups (broad SMARTS) is 1. The molecule has 30 heavy (non-hydrogen) atoms. The Labute approximate surface area is 171 Å². The number of rotatable bonds is 7. The van der Waals surface area contributed by atoms with Crippen LogP contribution in [-0.2, 0) is 14.4 Å². The molecule has 0 heterocycles. The standard InChI is InChI=1S/C17H12ClF3N2O7/c1-7-13(19)12(18)16(15(21)14(7)20)30-8-3-4-10(23(26)27)9(5-8)17(28-2)22-29-6-11(24)25/h3-5H,6H2,1-2H3,(H,24,25). The molecule has 0 aliphatic heterocycles. The highest BCUT2D eigenvalue weighted by molar-refractivity contribution is 6.32. The highest BCUT2D eigenvalue weighted by Gasteiger charge is 2.26. The molecule has 2 rings (SSSR count). The Morgan fingerprint density at radius 1 is 1.27 bits per heavy atom. The van der Waals surface area contributed by atoms with Crippen LogP contribution in [0.5, 0.6) is 11.5 Å². The lowest BCUT2D eigenvalue weighted by Crippen LogP contribution is -2.11. The van der Waals surface area contributed by atoms with E-state index in [2.05, 4.69) is 9.99 Å². The van der Waals surface area contributed by atoms with Gasteiger partial charge in [-0.3, -0.25) is 10.1 Å². The van der Waals surface area contributed by atoms with E-state index in [9.17, 15) is 28.1 Å². The van der Waals surface area contributed by atoms with Gasteiger partial charge < -0.3 is 19.4 Å². The zero-order chi connectivity index (χ0) is 22.6. The van der Waals surface area contributed by atoms with Crippen molar-refractivity contribution in [3.63, 3.8) is 0 Å². The van der Waals surface area contributed by atoms with Crippen molar-refractivity contribution < 1.29 is 42.3 Å². The summed E-state index contributed by atoms with van der Waals surface area (Å²) in [5.74, 6) is -7.50. The molecule has 1 N–H and O–H groups in total. The molecule has 0 atom stereocenters. The maximum Gasteiger partial charge on any atom is 0.344 e. The molecule has 0 saturated heterocycles. The molecule has 0 saturated carbocycles. The molecule has 0 fully saturated rings. The van der Waals surface area contributed by atoms with Crippen molar-refractivity contribution in [3.05, 3.63) is 61.9 Å². The second kappa shape index (κ2) is 9.31. The largest absolute Gasteiger partial charge is 0.479 e. The van der Waals surface area contributed by atoms with Crippen molar-refractivity contribution in [2.24, 2.45) is 5.16 Å². The van der Waals surface area contributed by atoms with Gasteiger partial charge in [0.2, 0.25) is 12.4 Å². The summed E-state index contributed by atoms with van der Waals surface area (Å²) in [6.45, 7) is 0.116. The molecule has 0 bridgehead atoms. The van der Waals surface area contributed by atoms with Crippen molar-refractivity contribution in [1.29, 1.82) is 0 Å². The van der Waals surface area contributed by atoms with Gasteiger partial charge in [0.1, 0.15) is 16.3 Å². The molecule has 0 amide bonds. The fraction of sp³-hybridized carbons (Fsp3) is 0.176. The number of nitrogens with zero attached hydrogens (tertiary/aromatic N) is 2. The first kappa shape index (κ1) is 22.7. The lowest BCUT2D eigenvalue weighted by atomic mass is 10.1. The molecule has 13 heteroatoms. The van der Waals surface area contributed by atoms with Gasteiger partial charge >= 0.3 is 5.97 Å². The van der Waals surface area contributed by atoms with E-state index in [4.69, 9.17) is 26.2 Å². The summed E-state index contributed by atoms with van der Waals surface area (Å²) in [6.07, 6.45) is 0. The van der Waals surface area contributed by atoms with Crippen molar-refractivity contribution in [3.8, 4) is 11.5 Å². The summed E-state index contributed by atoms with van der Waals surface area (Å²) in [4.78, 5) is 25.5. The molecule has 160 valence electrons. The molecule has 0 unspecified atom stereocenters.